The van der Waals surface area contributed by atoms with E-state index in [1.54, 1.807) is 4.90 Å². The standard InChI is InChI=1S/C20H24N2O4/c1-3-22(13-16-6-9-18-19(12-16)26-14-25-18)20(23)21-10-11-24-17-7-4-15(2)5-8-17/h4-9,12H,3,10-11,13-14H2,1-2H3,(H,21,23). The number of aryl methyl sites for hydroxylation is 1. The summed E-state index contributed by atoms with van der Waals surface area (Å²) in [6.07, 6.45) is 0. The largest absolute Gasteiger partial charge is 0.492 e. The predicted octanol–water partition coefficient (Wildman–Crippen LogP) is 3.33. The second-order valence-corrected chi connectivity index (χ2v) is 6.10. The minimum absolute atomic E-state index is 0.113. The lowest BCUT2D eigenvalue weighted by atomic mass is 10.2. The smallest absolute Gasteiger partial charge is 0.317 e. The fourth-order valence-electron chi connectivity index (χ4n) is 2.66. The Hall–Kier alpha value is -2.89. The van der Waals surface area contributed by atoms with E-state index in [1.165, 1.54) is 5.56 Å². The number of hydrogen-bond acceptors (Lipinski definition) is 4. The van der Waals surface area contributed by atoms with Gasteiger partial charge in [-0.05, 0) is 43.7 Å². The predicted molar refractivity (Wildman–Crippen MR) is 98.7 cm³/mol. The lowest BCUT2D eigenvalue weighted by Crippen LogP contribution is -2.41. The first-order chi connectivity index (χ1) is 12.7. The molecule has 0 saturated carbocycles. The van der Waals surface area contributed by atoms with Crippen LogP contribution >= 0.6 is 0 Å². The zero-order valence-corrected chi connectivity index (χ0v) is 15.2. The van der Waals surface area contributed by atoms with Crippen molar-refractivity contribution in [2.45, 2.75) is 20.4 Å². The molecule has 1 N–H and O–H groups in total. The number of hydrogen-bond donors (Lipinski definition) is 1. The zero-order valence-electron chi connectivity index (χ0n) is 15.2. The molecule has 0 aromatic heterocycles. The van der Waals surface area contributed by atoms with Crippen LogP contribution in [0.4, 0.5) is 4.79 Å². The zero-order chi connectivity index (χ0) is 18.4. The van der Waals surface area contributed by atoms with Gasteiger partial charge in [0, 0.05) is 13.1 Å². The van der Waals surface area contributed by atoms with Gasteiger partial charge in [0.15, 0.2) is 11.5 Å². The molecule has 0 unspecified atom stereocenters. The lowest BCUT2D eigenvalue weighted by molar-refractivity contribution is 0.173. The number of carbonyl (C=O) groups excluding carboxylic acids is 1. The van der Waals surface area contributed by atoms with Crippen LogP contribution in [0.1, 0.15) is 18.1 Å². The van der Waals surface area contributed by atoms with E-state index in [0.717, 1.165) is 22.8 Å². The van der Waals surface area contributed by atoms with Crippen LogP contribution < -0.4 is 19.5 Å². The van der Waals surface area contributed by atoms with Gasteiger partial charge in [0.2, 0.25) is 6.79 Å². The third kappa shape index (κ3) is 4.59. The van der Waals surface area contributed by atoms with Crippen molar-refractivity contribution in [3.63, 3.8) is 0 Å². The van der Waals surface area contributed by atoms with Gasteiger partial charge in [-0.25, -0.2) is 4.79 Å². The molecule has 26 heavy (non-hydrogen) atoms. The summed E-state index contributed by atoms with van der Waals surface area (Å²) in [5, 5.41) is 2.89. The van der Waals surface area contributed by atoms with Crippen molar-refractivity contribution < 1.29 is 19.0 Å². The molecule has 6 nitrogen and oxygen atoms in total. The molecule has 0 fully saturated rings. The average Bonchev–Trinajstić information content (AvgIpc) is 3.12. The van der Waals surface area contributed by atoms with Crippen LogP contribution in [-0.4, -0.2) is 37.4 Å². The van der Waals surface area contributed by atoms with Gasteiger partial charge >= 0.3 is 6.03 Å². The third-order valence-corrected chi connectivity index (χ3v) is 4.15. The summed E-state index contributed by atoms with van der Waals surface area (Å²) < 4.78 is 16.3. The molecule has 2 amide bonds. The highest BCUT2D eigenvalue weighted by Gasteiger charge is 2.16. The summed E-state index contributed by atoms with van der Waals surface area (Å²) in [7, 11) is 0. The first-order valence-electron chi connectivity index (χ1n) is 8.76. The quantitative estimate of drug-likeness (QED) is 0.773. The van der Waals surface area contributed by atoms with Crippen LogP contribution in [-0.2, 0) is 6.54 Å². The minimum atomic E-state index is -0.113. The van der Waals surface area contributed by atoms with Crippen molar-refractivity contribution in [3.8, 4) is 17.2 Å². The summed E-state index contributed by atoms with van der Waals surface area (Å²) in [6, 6.07) is 13.5. The Bertz CT molecular complexity index is 746. The van der Waals surface area contributed by atoms with E-state index in [4.69, 9.17) is 14.2 Å². The van der Waals surface area contributed by atoms with Gasteiger partial charge in [0.05, 0.1) is 6.54 Å². The second kappa shape index (κ2) is 8.47. The third-order valence-electron chi connectivity index (χ3n) is 4.15. The van der Waals surface area contributed by atoms with Crippen molar-refractivity contribution in [2.24, 2.45) is 0 Å². The van der Waals surface area contributed by atoms with Gasteiger partial charge in [0.1, 0.15) is 12.4 Å². The number of rotatable bonds is 7. The summed E-state index contributed by atoms with van der Waals surface area (Å²) in [6.45, 7) is 6.23. The molecular formula is C20H24N2O4. The highest BCUT2D eigenvalue weighted by Crippen LogP contribution is 2.32. The molecule has 1 heterocycles. The molecule has 0 saturated heterocycles. The summed E-state index contributed by atoms with van der Waals surface area (Å²) in [4.78, 5) is 14.1. The van der Waals surface area contributed by atoms with Gasteiger partial charge in [0.25, 0.3) is 0 Å². The van der Waals surface area contributed by atoms with Crippen LogP contribution in [0.15, 0.2) is 42.5 Å². The second-order valence-electron chi connectivity index (χ2n) is 6.10. The van der Waals surface area contributed by atoms with E-state index >= 15 is 0 Å². The SMILES string of the molecule is CCN(Cc1ccc2c(c1)OCO2)C(=O)NCCOc1ccc(C)cc1. The first-order valence-corrected chi connectivity index (χ1v) is 8.76. The maximum Gasteiger partial charge on any atom is 0.317 e. The lowest BCUT2D eigenvalue weighted by Gasteiger charge is -2.21. The monoisotopic (exact) mass is 356 g/mol. The molecule has 0 atom stereocenters. The summed E-state index contributed by atoms with van der Waals surface area (Å²) in [5.74, 6) is 2.28. The summed E-state index contributed by atoms with van der Waals surface area (Å²) in [5.41, 5.74) is 2.19. The molecule has 138 valence electrons. The summed E-state index contributed by atoms with van der Waals surface area (Å²) >= 11 is 0. The van der Waals surface area contributed by atoms with E-state index in [-0.39, 0.29) is 12.8 Å². The number of urea groups is 1. The van der Waals surface area contributed by atoms with Gasteiger partial charge in [-0.1, -0.05) is 23.8 Å². The Morgan fingerprint density at radius 1 is 1.15 bits per heavy atom. The van der Waals surface area contributed by atoms with Gasteiger partial charge < -0.3 is 24.4 Å². The molecule has 0 radical (unpaired) electrons. The Balaban J connectivity index is 1.45. The van der Waals surface area contributed by atoms with Crippen molar-refractivity contribution in [2.75, 3.05) is 26.5 Å². The molecule has 2 aromatic carbocycles. The van der Waals surface area contributed by atoms with E-state index in [9.17, 15) is 4.79 Å². The average molecular weight is 356 g/mol. The fourth-order valence-corrected chi connectivity index (χ4v) is 2.66. The molecule has 3 rings (SSSR count). The number of benzene rings is 2. The molecule has 0 aliphatic carbocycles. The number of fused-ring (bicyclic) bond motifs is 1. The van der Waals surface area contributed by atoms with Gasteiger partial charge in [-0.15, -0.1) is 0 Å². The van der Waals surface area contributed by atoms with Gasteiger partial charge in [-0.2, -0.15) is 0 Å². The Kier molecular flexibility index (Phi) is 5.84. The van der Waals surface area contributed by atoms with Crippen LogP contribution in [0.2, 0.25) is 0 Å². The number of nitrogens with one attached hydrogen (secondary N) is 1. The van der Waals surface area contributed by atoms with Crippen LogP contribution in [0.3, 0.4) is 0 Å². The molecular weight excluding hydrogens is 332 g/mol. The Labute approximate surface area is 153 Å². The highest BCUT2D eigenvalue weighted by molar-refractivity contribution is 5.74. The highest BCUT2D eigenvalue weighted by atomic mass is 16.7. The number of ether oxygens (including phenoxy) is 3. The maximum absolute atomic E-state index is 12.4. The van der Waals surface area contributed by atoms with Gasteiger partial charge in [-0.3, -0.25) is 0 Å². The van der Waals surface area contributed by atoms with E-state index in [0.29, 0.717) is 26.2 Å². The van der Waals surface area contributed by atoms with E-state index in [1.807, 2.05) is 56.3 Å². The Morgan fingerprint density at radius 2 is 1.92 bits per heavy atom. The van der Waals surface area contributed by atoms with E-state index < -0.39 is 0 Å². The van der Waals surface area contributed by atoms with Crippen molar-refractivity contribution in [1.82, 2.24) is 10.2 Å². The van der Waals surface area contributed by atoms with Crippen LogP contribution in [0.25, 0.3) is 0 Å². The van der Waals surface area contributed by atoms with Crippen LogP contribution in [0.5, 0.6) is 17.2 Å². The number of amides is 2. The Morgan fingerprint density at radius 3 is 2.69 bits per heavy atom. The molecule has 0 bridgehead atoms. The maximum atomic E-state index is 12.4. The minimum Gasteiger partial charge on any atom is -0.492 e. The first kappa shape index (κ1) is 17.9. The fraction of sp³-hybridized carbons (Fsp3) is 0.350. The van der Waals surface area contributed by atoms with E-state index in [2.05, 4.69) is 5.32 Å². The molecule has 0 spiro atoms. The van der Waals surface area contributed by atoms with Crippen molar-refractivity contribution in [1.29, 1.82) is 0 Å². The topological polar surface area (TPSA) is 60.0 Å². The molecule has 2 aromatic rings. The molecule has 1 aliphatic rings. The number of nitrogens with zero attached hydrogens (tertiary/aromatic N) is 1. The van der Waals surface area contributed by atoms with Crippen LogP contribution in [0, 0.1) is 6.92 Å². The van der Waals surface area contributed by atoms with Crippen molar-refractivity contribution >= 4 is 6.03 Å². The normalized spacial score (nSPS) is 11.9. The molecule has 1 aliphatic heterocycles. The van der Waals surface area contributed by atoms with Crippen molar-refractivity contribution in [3.05, 3.63) is 53.6 Å². The molecule has 6 heteroatoms. The number of carbonyl (C=O) groups is 1.